The molecular weight excluding hydrogens is 1930 g/mol. The summed E-state index contributed by atoms with van der Waals surface area (Å²) in [6, 6.07) is 73.2. The van der Waals surface area contributed by atoms with Gasteiger partial charge < -0.3 is 50.4 Å². The Morgan fingerprint density at radius 2 is 0.660 bits per heavy atom. The van der Waals surface area contributed by atoms with Crippen LogP contribution < -0.4 is 50.4 Å². The second-order valence-corrected chi connectivity index (χ2v) is 46.0. The maximum Gasteiger partial charge on any atom is 0.268 e. The summed E-state index contributed by atoms with van der Waals surface area (Å²) >= 11 is 0. The monoisotopic (exact) mass is 2070 g/mol. The summed E-state index contributed by atoms with van der Waals surface area (Å²) in [4.78, 5) is 52.8. The molecule has 1 aliphatic rings. The molecule has 30 nitrogen and oxygen atoms in total. The molecule has 1 aliphatic carbocycles. The fraction of sp³-hybridized carbons (Fsp3) is 0.282. The Morgan fingerprint density at radius 3 is 1.01 bits per heavy atom. The lowest BCUT2D eigenvalue weighted by Gasteiger charge is -2.23. The van der Waals surface area contributed by atoms with Gasteiger partial charge in [-0.3, -0.25) is 0 Å². The molecule has 19 rings (SSSR count). The first-order valence-electron chi connectivity index (χ1n) is 50.3. The Hall–Kier alpha value is -15.9. The van der Waals surface area contributed by atoms with Crippen molar-refractivity contribution in [3.63, 3.8) is 0 Å². The predicted octanol–water partition coefficient (Wildman–Crippen LogP) is 23.8. The lowest BCUT2D eigenvalue weighted by atomic mass is 9.90. The average Bonchev–Trinajstić information content (AvgIpc) is 1.60. The highest BCUT2D eigenvalue weighted by molar-refractivity contribution is 7.90. The van der Waals surface area contributed by atoms with Crippen molar-refractivity contribution in [1.82, 2.24) is 71.7 Å². The number of hydrogen-bond donors (Lipinski definition) is 9. The van der Waals surface area contributed by atoms with E-state index in [-0.39, 0.29) is 43.5 Å². The normalized spacial score (nSPS) is 12.3. The van der Waals surface area contributed by atoms with Crippen LogP contribution in [-0.4, -0.2) is 115 Å². The van der Waals surface area contributed by atoms with Crippen molar-refractivity contribution >= 4 is 116 Å². The third-order valence-electron chi connectivity index (χ3n) is 25.5. The SMILES string of the molecule is CCCc1cc(-c2cccc(C)c2C)nc(N)n1.CCNc1cc(-c2cn(S(=O)(=O)c3ccc(C)cc3)c3ccccc23)nc(N)n1.Cc1ccc(S(=O)(=O)n2cc(-c3cc(NC(C)(C)C)nc(N)n3)c3ccccc32)cc1.Cc1ccc(S(=O)(=O)n2cc(-c3cc(NC4CCCCC4)nc(N)n3)c3ccccc32)cc1.Cc1cccc(-c2cc(CC(C)(C)C)nc(N)n2)c1C.Cc1cccc(-c2cc(CC(C)C)nc(N)n2)c1C. The number of nitrogens with zero attached hydrogens (tertiary/aromatic N) is 15. The van der Waals surface area contributed by atoms with Gasteiger partial charge in [-0.2, -0.15) is 15.0 Å². The number of nitrogens with two attached hydrogens (primary N) is 6. The lowest BCUT2D eigenvalue weighted by Crippen LogP contribution is -2.27. The van der Waals surface area contributed by atoms with Crippen LogP contribution in [0.4, 0.5) is 53.1 Å². The number of para-hydroxylation sites is 3. The number of anilines is 9. The zero-order valence-electron chi connectivity index (χ0n) is 88.8. The number of benzene rings is 9. The van der Waals surface area contributed by atoms with Crippen molar-refractivity contribution in [2.45, 2.75) is 216 Å². The highest BCUT2D eigenvalue weighted by Gasteiger charge is 2.29. The van der Waals surface area contributed by atoms with E-state index < -0.39 is 30.1 Å². The van der Waals surface area contributed by atoms with Crippen molar-refractivity contribution in [2.75, 3.05) is 56.9 Å². The topological polar surface area (TPSA) is 464 Å². The number of aromatic nitrogens is 15. The third kappa shape index (κ3) is 27.2. The molecule has 33 heteroatoms. The standard InChI is InChI=1S/C25H27N5O2S.C23H25N5O2S.C21H21N5O2S.C17H23N3.C16H21N3.C15H19N3/c1-17-11-13-19(14-12-17)33(31,32)30-16-21(20-9-5-6-10-23(20)30)22-15-24(29-25(26)28-22)27-18-7-3-2-4-8-18;1-15-9-11-16(12-10-15)31(29,30)28-14-18(17-7-5-6-8-20(17)28)19-13-21(26-22(24)25-19)27-23(2,3)4;1-3-23-20-12-18(24-21(22)25-20)17-13-26(19-7-5-4-6-16(17)19)29(27,28)15-10-8-14(2)9-11-15;1-11-7-6-8-14(12(11)2)15-9-13(10-17(3,4)5)19-16(18)20-15;1-10(2)8-13-9-15(19-16(17)18-13)14-7-5-6-11(3)12(14)4;1-4-6-12-9-14(18-15(16)17-12)13-8-5-7-10(2)11(13)3/h5-6,9-16,18H,2-4,7-8H2,1H3,(H3,26,27,28,29);5-14H,1-4H3,(H3,24,25,26,27);4-13H,3H2,1-2H3,(H3,22,23,24,25);6-9H,10H2,1-5H3,(H2,18,19,20);5-7,9-10H,8H2,1-4H3,(H2,17,18,19);5,7-9H,4,6H2,1-3H3,(H2,16,17,18). The Labute approximate surface area is 880 Å². The van der Waals surface area contributed by atoms with Gasteiger partial charge in [-0.25, -0.2) is 82.0 Å². The Balaban J connectivity index is 0.000000144. The van der Waals surface area contributed by atoms with Crippen molar-refractivity contribution in [3.8, 4) is 67.5 Å². The number of aryl methyl sites for hydroxylation is 7. The molecule has 9 aromatic carbocycles. The molecule has 0 saturated heterocycles. The van der Waals surface area contributed by atoms with E-state index in [2.05, 4.69) is 226 Å². The average molecular weight is 2070 g/mol. The van der Waals surface area contributed by atoms with E-state index in [1.807, 2.05) is 115 Å². The fourth-order valence-corrected chi connectivity index (χ4v) is 21.9. The molecule has 0 radical (unpaired) electrons. The second kappa shape index (κ2) is 47.1. The summed E-state index contributed by atoms with van der Waals surface area (Å²) in [6.45, 7) is 40.2. The largest absolute Gasteiger partial charge is 0.370 e. The number of hydrogen-bond acceptors (Lipinski definition) is 27. The number of fused-ring (bicyclic) bond motifs is 3. The van der Waals surface area contributed by atoms with Crippen LogP contribution in [0.15, 0.2) is 270 Å². The van der Waals surface area contributed by atoms with E-state index in [4.69, 9.17) is 34.4 Å². The minimum atomic E-state index is -3.79. The molecule has 150 heavy (non-hydrogen) atoms. The first-order chi connectivity index (χ1) is 71.2. The highest BCUT2D eigenvalue weighted by Crippen LogP contribution is 2.40. The zero-order chi connectivity index (χ0) is 108. The van der Waals surface area contributed by atoms with E-state index in [1.54, 1.807) is 122 Å². The molecule has 9 heterocycles. The summed E-state index contributed by atoms with van der Waals surface area (Å²) in [7, 11) is -11.4. The summed E-state index contributed by atoms with van der Waals surface area (Å²) in [5.74, 6) is 3.85. The Bertz CT molecular complexity index is 8260. The van der Waals surface area contributed by atoms with Gasteiger partial charge in [-0.1, -0.05) is 230 Å². The molecule has 9 aromatic heterocycles. The van der Waals surface area contributed by atoms with Crippen LogP contribution in [-0.2, 0) is 49.3 Å². The van der Waals surface area contributed by atoms with Gasteiger partial charge in [0.05, 0.1) is 65.4 Å². The summed E-state index contributed by atoms with van der Waals surface area (Å²) in [6.07, 6.45) is 14.5. The highest BCUT2D eigenvalue weighted by atomic mass is 32.2. The van der Waals surface area contributed by atoms with Crippen LogP contribution >= 0.6 is 0 Å². The van der Waals surface area contributed by atoms with Gasteiger partial charge in [-0.15, -0.1) is 0 Å². The molecule has 0 amide bonds. The van der Waals surface area contributed by atoms with E-state index in [9.17, 15) is 25.3 Å². The van der Waals surface area contributed by atoms with Gasteiger partial charge in [0.1, 0.15) is 17.5 Å². The summed E-state index contributed by atoms with van der Waals surface area (Å²) < 4.78 is 84.4. The van der Waals surface area contributed by atoms with Crippen LogP contribution in [0.1, 0.15) is 175 Å². The molecular formula is C117H136N24O6S3. The molecule has 0 unspecified atom stereocenters. The van der Waals surface area contributed by atoms with Crippen LogP contribution in [0.25, 0.3) is 100 Å². The fourth-order valence-electron chi connectivity index (χ4n) is 17.8. The second-order valence-electron chi connectivity index (χ2n) is 40.5. The summed E-state index contributed by atoms with van der Waals surface area (Å²) in [5.41, 5.74) is 60.6. The van der Waals surface area contributed by atoms with Gasteiger partial charge in [0, 0.05) is 122 Å². The Morgan fingerprint density at radius 1 is 0.347 bits per heavy atom. The van der Waals surface area contributed by atoms with E-state index in [0.29, 0.717) is 104 Å². The molecule has 1 fully saturated rings. The molecule has 0 bridgehead atoms. The third-order valence-corrected chi connectivity index (χ3v) is 30.6. The first kappa shape index (κ1) is 110. The van der Waals surface area contributed by atoms with Gasteiger partial charge >= 0.3 is 0 Å². The number of nitrogens with one attached hydrogen (secondary N) is 3. The van der Waals surface area contributed by atoms with Gasteiger partial charge in [0.15, 0.2) is 0 Å². The predicted molar refractivity (Wildman–Crippen MR) is 611 cm³/mol. The molecule has 0 spiro atoms. The van der Waals surface area contributed by atoms with E-state index in [1.165, 1.54) is 64.6 Å². The Kier molecular flexibility index (Phi) is 34.5. The van der Waals surface area contributed by atoms with Crippen LogP contribution in [0, 0.1) is 73.6 Å². The van der Waals surface area contributed by atoms with Crippen molar-refractivity contribution in [3.05, 3.63) is 322 Å². The number of rotatable bonds is 22. The number of nitrogen functional groups attached to an aromatic ring is 6. The molecule has 0 atom stereocenters. The molecule has 1 saturated carbocycles. The molecule has 18 aromatic rings. The van der Waals surface area contributed by atoms with Crippen LogP contribution in [0.5, 0.6) is 0 Å². The van der Waals surface area contributed by atoms with Crippen molar-refractivity contribution in [2.24, 2.45) is 11.3 Å². The van der Waals surface area contributed by atoms with Gasteiger partial charge in [0.25, 0.3) is 30.1 Å². The lowest BCUT2D eigenvalue weighted by molar-refractivity contribution is 0.406. The van der Waals surface area contributed by atoms with Gasteiger partial charge in [-0.05, 0) is 240 Å². The minimum absolute atomic E-state index is 0.113. The van der Waals surface area contributed by atoms with Crippen LogP contribution in [0.3, 0.4) is 0 Å². The van der Waals surface area contributed by atoms with Crippen molar-refractivity contribution in [1.29, 1.82) is 0 Å². The van der Waals surface area contributed by atoms with E-state index in [0.717, 1.165) is 122 Å². The molecule has 778 valence electrons. The molecule has 0 aliphatic heterocycles. The zero-order valence-corrected chi connectivity index (χ0v) is 91.3. The maximum atomic E-state index is 13.5. The smallest absolute Gasteiger partial charge is 0.268 e. The molecule has 15 N–H and O–H groups in total. The van der Waals surface area contributed by atoms with Gasteiger partial charge in [0.2, 0.25) is 35.7 Å². The van der Waals surface area contributed by atoms with Crippen LogP contribution in [0.2, 0.25) is 0 Å². The van der Waals surface area contributed by atoms with E-state index >= 15 is 0 Å². The first-order valence-corrected chi connectivity index (χ1v) is 54.6. The quantitative estimate of drug-likeness (QED) is 0.0304. The van der Waals surface area contributed by atoms with Crippen molar-refractivity contribution < 1.29 is 25.3 Å². The maximum absolute atomic E-state index is 13.5. The summed E-state index contributed by atoms with van der Waals surface area (Å²) in [5, 5.41) is 12.2. The minimum Gasteiger partial charge on any atom is -0.370 e.